The number of nitrogens with zero attached hydrogens (tertiary/aromatic N) is 1. The van der Waals surface area contributed by atoms with E-state index in [0.717, 1.165) is 0 Å². The number of ether oxygens (including phenoxy) is 1. The van der Waals surface area contributed by atoms with Crippen molar-refractivity contribution in [2.75, 3.05) is 25.0 Å². The Morgan fingerprint density at radius 1 is 1.53 bits per heavy atom. The van der Waals surface area contributed by atoms with Crippen LogP contribution in [0, 0.1) is 0 Å². The van der Waals surface area contributed by atoms with Crippen molar-refractivity contribution < 1.29 is 18.7 Å². The number of nitrogens with one attached hydrogen (secondary N) is 2. The molecule has 1 rings (SSSR count). The van der Waals surface area contributed by atoms with Crippen molar-refractivity contribution in [1.82, 2.24) is 10.3 Å². The molecular weight excluding hydrogens is 228 g/mol. The summed E-state index contributed by atoms with van der Waals surface area (Å²) in [7, 11) is 0. The van der Waals surface area contributed by atoms with Crippen LogP contribution in [0.3, 0.4) is 0 Å². The molecule has 0 aliphatic carbocycles. The predicted molar refractivity (Wildman–Crippen MR) is 58.5 cm³/mol. The van der Waals surface area contributed by atoms with E-state index in [0.29, 0.717) is 13.1 Å². The quantitative estimate of drug-likeness (QED) is 0.474. The number of urea groups is 1. The average Bonchev–Trinajstić information content (AvgIpc) is 2.73. The summed E-state index contributed by atoms with van der Waals surface area (Å²) in [4.78, 5) is 25.4. The standard InChI is InChI=1S/C9H14N4O4/c1-2-16-7(14)6-5-17-9(13-6)12-4-3-11-8(10)15/h5H,2-4H2,1H3,(H,12,13)(H3,10,11,15). The van der Waals surface area contributed by atoms with Crippen molar-refractivity contribution in [3.63, 3.8) is 0 Å². The number of aromatic nitrogens is 1. The lowest BCUT2D eigenvalue weighted by atomic mass is 10.5. The first-order valence-corrected chi connectivity index (χ1v) is 5.03. The van der Waals surface area contributed by atoms with Crippen LogP contribution in [-0.4, -0.2) is 36.7 Å². The number of primary amides is 1. The van der Waals surface area contributed by atoms with Crippen LogP contribution in [0.25, 0.3) is 0 Å². The third-order valence-corrected chi connectivity index (χ3v) is 1.69. The van der Waals surface area contributed by atoms with Gasteiger partial charge in [0.2, 0.25) is 0 Å². The van der Waals surface area contributed by atoms with Crippen molar-refractivity contribution in [3.05, 3.63) is 12.0 Å². The zero-order valence-electron chi connectivity index (χ0n) is 9.36. The smallest absolute Gasteiger partial charge is 0.360 e. The van der Waals surface area contributed by atoms with E-state index < -0.39 is 12.0 Å². The summed E-state index contributed by atoms with van der Waals surface area (Å²) < 4.78 is 9.71. The number of esters is 1. The first-order chi connectivity index (χ1) is 8.13. The van der Waals surface area contributed by atoms with E-state index in [-0.39, 0.29) is 18.3 Å². The maximum Gasteiger partial charge on any atom is 0.360 e. The molecule has 1 aromatic rings. The number of hydrogen-bond acceptors (Lipinski definition) is 6. The van der Waals surface area contributed by atoms with Gasteiger partial charge in [-0.05, 0) is 6.92 Å². The van der Waals surface area contributed by atoms with Gasteiger partial charge in [-0.15, -0.1) is 0 Å². The van der Waals surface area contributed by atoms with Crippen molar-refractivity contribution in [3.8, 4) is 0 Å². The highest BCUT2D eigenvalue weighted by Crippen LogP contribution is 2.07. The largest absolute Gasteiger partial charge is 0.461 e. The van der Waals surface area contributed by atoms with Crippen molar-refractivity contribution >= 4 is 18.0 Å². The molecule has 8 nitrogen and oxygen atoms in total. The Morgan fingerprint density at radius 2 is 2.29 bits per heavy atom. The molecule has 94 valence electrons. The molecule has 17 heavy (non-hydrogen) atoms. The Balaban J connectivity index is 2.35. The summed E-state index contributed by atoms with van der Waals surface area (Å²) in [5.74, 6) is -0.542. The summed E-state index contributed by atoms with van der Waals surface area (Å²) in [5, 5.41) is 5.14. The highest BCUT2D eigenvalue weighted by Gasteiger charge is 2.12. The van der Waals surface area contributed by atoms with Crippen LogP contribution in [0.5, 0.6) is 0 Å². The van der Waals surface area contributed by atoms with Crippen LogP contribution in [0.4, 0.5) is 10.8 Å². The van der Waals surface area contributed by atoms with Gasteiger partial charge in [0.25, 0.3) is 6.01 Å². The number of nitrogens with two attached hydrogens (primary N) is 1. The van der Waals surface area contributed by atoms with Gasteiger partial charge in [-0.2, -0.15) is 4.98 Å². The second-order valence-electron chi connectivity index (χ2n) is 2.98. The molecule has 1 aromatic heterocycles. The molecule has 0 atom stereocenters. The van der Waals surface area contributed by atoms with Gasteiger partial charge in [0, 0.05) is 13.1 Å². The van der Waals surface area contributed by atoms with E-state index in [2.05, 4.69) is 15.6 Å². The predicted octanol–water partition coefficient (Wildman–Crippen LogP) is -0.0685. The minimum Gasteiger partial charge on any atom is -0.461 e. The first-order valence-electron chi connectivity index (χ1n) is 5.03. The lowest BCUT2D eigenvalue weighted by Gasteiger charge is -2.01. The summed E-state index contributed by atoms with van der Waals surface area (Å²) in [5.41, 5.74) is 4.97. The molecule has 0 saturated heterocycles. The third-order valence-electron chi connectivity index (χ3n) is 1.69. The van der Waals surface area contributed by atoms with E-state index in [1.54, 1.807) is 6.92 Å². The molecule has 8 heteroatoms. The fraction of sp³-hybridized carbons (Fsp3) is 0.444. The van der Waals surface area contributed by atoms with E-state index in [1.807, 2.05) is 0 Å². The molecule has 0 aliphatic heterocycles. The maximum atomic E-state index is 11.2. The Morgan fingerprint density at radius 3 is 2.94 bits per heavy atom. The monoisotopic (exact) mass is 242 g/mol. The minimum atomic E-state index is -0.605. The third kappa shape index (κ3) is 4.41. The lowest BCUT2D eigenvalue weighted by Crippen LogP contribution is -2.33. The van der Waals surface area contributed by atoms with Crippen molar-refractivity contribution in [2.24, 2.45) is 5.73 Å². The number of hydrogen-bond donors (Lipinski definition) is 3. The maximum absolute atomic E-state index is 11.2. The molecule has 0 spiro atoms. The zero-order chi connectivity index (χ0) is 12.7. The average molecular weight is 242 g/mol. The van der Waals surface area contributed by atoms with Gasteiger partial charge in [-0.3, -0.25) is 0 Å². The summed E-state index contributed by atoms with van der Waals surface area (Å²) in [6.07, 6.45) is 1.20. The SMILES string of the molecule is CCOC(=O)c1coc(NCCNC(N)=O)n1. The molecule has 0 aromatic carbocycles. The molecule has 2 amide bonds. The van der Waals surface area contributed by atoms with E-state index in [1.165, 1.54) is 6.26 Å². The summed E-state index contributed by atoms with van der Waals surface area (Å²) >= 11 is 0. The number of rotatable bonds is 6. The topological polar surface area (TPSA) is 119 Å². The van der Waals surface area contributed by atoms with Crippen LogP contribution in [0.15, 0.2) is 10.7 Å². The van der Waals surface area contributed by atoms with E-state index in [9.17, 15) is 9.59 Å². The van der Waals surface area contributed by atoms with Gasteiger partial charge < -0.3 is 25.5 Å². The number of oxazole rings is 1. The van der Waals surface area contributed by atoms with E-state index in [4.69, 9.17) is 14.9 Å². The zero-order valence-corrected chi connectivity index (χ0v) is 9.36. The molecular formula is C9H14N4O4. The Hall–Kier alpha value is -2.25. The van der Waals surface area contributed by atoms with Gasteiger partial charge in [-0.1, -0.05) is 0 Å². The molecule has 0 bridgehead atoms. The molecule has 4 N–H and O–H groups in total. The van der Waals surface area contributed by atoms with Crippen molar-refractivity contribution in [2.45, 2.75) is 6.92 Å². The second kappa shape index (κ2) is 6.36. The van der Waals surface area contributed by atoms with Crippen LogP contribution < -0.4 is 16.4 Å². The molecule has 0 aliphatic rings. The number of carbonyl (C=O) groups is 2. The normalized spacial score (nSPS) is 9.71. The molecule has 0 radical (unpaired) electrons. The molecule has 0 unspecified atom stereocenters. The van der Waals surface area contributed by atoms with Crippen LogP contribution in [0.2, 0.25) is 0 Å². The van der Waals surface area contributed by atoms with Gasteiger partial charge in [-0.25, -0.2) is 9.59 Å². The highest BCUT2D eigenvalue weighted by atomic mass is 16.5. The fourth-order valence-corrected chi connectivity index (χ4v) is 1.01. The fourth-order valence-electron chi connectivity index (χ4n) is 1.01. The van der Waals surface area contributed by atoms with Gasteiger partial charge in [0.1, 0.15) is 6.26 Å². The second-order valence-corrected chi connectivity index (χ2v) is 2.98. The van der Waals surface area contributed by atoms with Crippen LogP contribution in [0.1, 0.15) is 17.4 Å². The summed E-state index contributed by atoms with van der Waals surface area (Å²) in [6, 6.07) is -0.425. The Bertz CT molecular complexity index is 390. The highest BCUT2D eigenvalue weighted by molar-refractivity contribution is 5.87. The molecule has 0 fully saturated rings. The van der Waals surface area contributed by atoms with Crippen LogP contribution in [-0.2, 0) is 4.74 Å². The Kier molecular flexibility index (Phi) is 4.79. The number of carbonyl (C=O) groups excluding carboxylic acids is 2. The molecule has 0 saturated carbocycles. The number of anilines is 1. The van der Waals surface area contributed by atoms with Crippen LogP contribution >= 0.6 is 0 Å². The van der Waals surface area contributed by atoms with Gasteiger partial charge >= 0.3 is 12.0 Å². The van der Waals surface area contributed by atoms with Gasteiger partial charge in [0.15, 0.2) is 5.69 Å². The Labute approximate surface area is 97.5 Å². The van der Waals surface area contributed by atoms with E-state index >= 15 is 0 Å². The minimum absolute atomic E-state index is 0.0946. The van der Waals surface area contributed by atoms with Crippen molar-refractivity contribution in [1.29, 1.82) is 0 Å². The lowest BCUT2D eigenvalue weighted by molar-refractivity contribution is 0.0519. The number of amides is 2. The molecule has 1 heterocycles. The van der Waals surface area contributed by atoms with Gasteiger partial charge in [0.05, 0.1) is 6.61 Å². The first kappa shape index (κ1) is 12.8. The summed E-state index contributed by atoms with van der Waals surface area (Å²) in [6.45, 7) is 2.68.